The van der Waals surface area contributed by atoms with E-state index in [1.165, 1.54) is 0 Å². The molecule has 2 rings (SSSR count). The van der Waals surface area contributed by atoms with Crippen molar-refractivity contribution in [3.8, 4) is 0 Å². The van der Waals surface area contributed by atoms with Crippen molar-refractivity contribution in [2.45, 2.75) is 20.4 Å². The van der Waals surface area contributed by atoms with Crippen LogP contribution in [0.4, 0.5) is 11.4 Å². The van der Waals surface area contributed by atoms with Gasteiger partial charge in [-0.05, 0) is 49.2 Å². The Morgan fingerprint density at radius 1 is 1.32 bits per heavy atom. The minimum Gasteiger partial charge on any atom is -0.448 e. The van der Waals surface area contributed by atoms with Crippen LogP contribution in [-0.4, -0.2) is 4.92 Å². The molecular weight excluding hydrogens is 268 g/mol. The molecule has 0 amide bonds. The van der Waals surface area contributed by atoms with Crippen LogP contribution in [0, 0.1) is 24.0 Å². The van der Waals surface area contributed by atoms with Crippen molar-refractivity contribution in [2.24, 2.45) is 0 Å². The van der Waals surface area contributed by atoms with Gasteiger partial charge in [-0.25, -0.2) is 0 Å². The molecule has 0 bridgehead atoms. The summed E-state index contributed by atoms with van der Waals surface area (Å²) < 4.78 is 5.23. The largest absolute Gasteiger partial charge is 0.448 e. The first kappa shape index (κ1) is 13.4. The van der Waals surface area contributed by atoms with Crippen molar-refractivity contribution in [3.05, 3.63) is 56.5 Å². The molecule has 0 saturated carbocycles. The zero-order valence-corrected chi connectivity index (χ0v) is 11.3. The van der Waals surface area contributed by atoms with Gasteiger partial charge in [-0.2, -0.15) is 0 Å². The number of furan rings is 1. The van der Waals surface area contributed by atoms with E-state index in [0.29, 0.717) is 23.1 Å². The molecule has 0 fully saturated rings. The second-order valence-corrected chi connectivity index (χ2v) is 4.64. The number of aryl methyl sites for hydroxylation is 2. The van der Waals surface area contributed by atoms with Crippen LogP contribution >= 0.6 is 11.6 Å². The van der Waals surface area contributed by atoms with Crippen LogP contribution in [0.5, 0.6) is 0 Å². The lowest BCUT2D eigenvalue weighted by molar-refractivity contribution is -0.385. The van der Waals surface area contributed by atoms with Crippen molar-refractivity contribution < 1.29 is 9.34 Å². The third kappa shape index (κ3) is 3.06. The molecule has 0 radical (unpaired) electrons. The van der Waals surface area contributed by atoms with E-state index in [0.717, 1.165) is 11.3 Å². The van der Waals surface area contributed by atoms with E-state index < -0.39 is 0 Å². The molecule has 0 atom stereocenters. The number of nitro groups is 1. The first-order valence-electron chi connectivity index (χ1n) is 5.71. The predicted molar refractivity (Wildman–Crippen MR) is 73.6 cm³/mol. The standard InChI is InChI=1S/C13H13ClN2O3/c1-8-6-12(16(17)18)9(2)5-11(8)15-7-10-3-4-13(14)19-10/h3-6,15H,7H2,1-2H3. The van der Waals surface area contributed by atoms with Gasteiger partial charge in [0.2, 0.25) is 0 Å². The van der Waals surface area contributed by atoms with Crippen molar-refractivity contribution in [2.75, 3.05) is 5.32 Å². The number of nitro benzene ring substituents is 1. The lowest BCUT2D eigenvalue weighted by Gasteiger charge is -2.09. The molecule has 1 aromatic heterocycles. The van der Waals surface area contributed by atoms with E-state index in [1.807, 2.05) is 6.92 Å². The third-order valence-electron chi connectivity index (χ3n) is 2.82. The summed E-state index contributed by atoms with van der Waals surface area (Å²) in [5.74, 6) is 0.709. The minimum absolute atomic E-state index is 0.129. The zero-order chi connectivity index (χ0) is 14.0. The van der Waals surface area contributed by atoms with E-state index >= 15 is 0 Å². The number of benzene rings is 1. The Morgan fingerprint density at radius 2 is 2.05 bits per heavy atom. The number of hydrogen-bond donors (Lipinski definition) is 1. The molecule has 2 aromatic rings. The van der Waals surface area contributed by atoms with Crippen LogP contribution in [0.1, 0.15) is 16.9 Å². The Bertz CT molecular complexity index is 622. The Balaban J connectivity index is 2.17. The van der Waals surface area contributed by atoms with Gasteiger partial charge in [0.25, 0.3) is 5.69 Å². The van der Waals surface area contributed by atoms with Crippen molar-refractivity contribution in [1.29, 1.82) is 0 Å². The molecule has 0 aliphatic heterocycles. The summed E-state index contributed by atoms with van der Waals surface area (Å²) in [4.78, 5) is 10.4. The second kappa shape index (κ2) is 5.32. The first-order chi connectivity index (χ1) is 8.97. The molecular formula is C13H13ClN2O3. The highest BCUT2D eigenvalue weighted by molar-refractivity contribution is 6.28. The summed E-state index contributed by atoms with van der Waals surface area (Å²) in [6, 6.07) is 6.78. The fourth-order valence-electron chi connectivity index (χ4n) is 1.82. The molecule has 0 spiro atoms. The molecule has 0 unspecified atom stereocenters. The maximum Gasteiger partial charge on any atom is 0.272 e. The van der Waals surface area contributed by atoms with Crippen molar-refractivity contribution in [1.82, 2.24) is 0 Å². The maximum atomic E-state index is 10.8. The van der Waals surface area contributed by atoms with Crippen LogP contribution in [0.25, 0.3) is 0 Å². The SMILES string of the molecule is Cc1cc([N+](=O)[O-])c(C)cc1NCc1ccc(Cl)o1. The molecule has 1 aromatic carbocycles. The first-order valence-corrected chi connectivity index (χ1v) is 6.09. The van der Waals surface area contributed by atoms with Gasteiger partial charge < -0.3 is 9.73 Å². The maximum absolute atomic E-state index is 10.8. The minimum atomic E-state index is -0.377. The summed E-state index contributed by atoms with van der Waals surface area (Å²) in [5.41, 5.74) is 2.41. The van der Waals surface area contributed by atoms with E-state index in [9.17, 15) is 10.1 Å². The third-order valence-corrected chi connectivity index (χ3v) is 3.02. The Morgan fingerprint density at radius 3 is 2.63 bits per heavy atom. The fraction of sp³-hybridized carbons (Fsp3) is 0.231. The molecule has 0 saturated heterocycles. The topological polar surface area (TPSA) is 68.3 Å². The Kier molecular flexibility index (Phi) is 3.76. The van der Waals surface area contributed by atoms with Crippen molar-refractivity contribution in [3.63, 3.8) is 0 Å². The van der Waals surface area contributed by atoms with E-state index in [-0.39, 0.29) is 10.6 Å². The summed E-state index contributed by atoms with van der Waals surface area (Å²) in [6.45, 7) is 4.02. The molecule has 19 heavy (non-hydrogen) atoms. The number of halogens is 1. The van der Waals surface area contributed by atoms with Crippen molar-refractivity contribution >= 4 is 23.0 Å². The number of nitrogens with one attached hydrogen (secondary N) is 1. The Labute approximate surface area is 115 Å². The monoisotopic (exact) mass is 280 g/mol. The quantitative estimate of drug-likeness (QED) is 0.677. The van der Waals surface area contributed by atoms with Crippen LogP contribution in [0.15, 0.2) is 28.7 Å². The Hall–Kier alpha value is -2.01. The van der Waals surface area contributed by atoms with E-state index in [1.54, 1.807) is 31.2 Å². The highest BCUT2D eigenvalue weighted by atomic mass is 35.5. The number of nitrogens with zero attached hydrogens (tertiary/aromatic N) is 1. The molecule has 1 N–H and O–H groups in total. The fourth-order valence-corrected chi connectivity index (χ4v) is 1.98. The smallest absolute Gasteiger partial charge is 0.272 e. The highest BCUT2D eigenvalue weighted by Gasteiger charge is 2.13. The average molecular weight is 281 g/mol. The molecule has 0 aliphatic carbocycles. The summed E-state index contributed by atoms with van der Waals surface area (Å²) in [6.07, 6.45) is 0. The van der Waals surface area contributed by atoms with Crippen LogP contribution in [0.2, 0.25) is 5.22 Å². The van der Waals surface area contributed by atoms with Crippen LogP contribution < -0.4 is 5.32 Å². The zero-order valence-electron chi connectivity index (χ0n) is 10.6. The van der Waals surface area contributed by atoms with Gasteiger partial charge >= 0.3 is 0 Å². The molecule has 1 heterocycles. The highest BCUT2D eigenvalue weighted by Crippen LogP contribution is 2.26. The summed E-state index contributed by atoms with van der Waals surface area (Å²) >= 11 is 5.68. The number of rotatable bonds is 4. The normalized spacial score (nSPS) is 10.5. The average Bonchev–Trinajstić information content (AvgIpc) is 2.75. The molecule has 5 nitrogen and oxygen atoms in total. The van der Waals surface area contributed by atoms with Crippen LogP contribution in [0.3, 0.4) is 0 Å². The van der Waals surface area contributed by atoms with E-state index in [2.05, 4.69) is 5.32 Å². The lowest BCUT2D eigenvalue weighted by atomic mass is 10.1. The van der Waals surface area contributed by atoms with Gasteiger partial charge in [0.15, 0.2) is 5.22 Å². The predicted octanol–water partition coefficient (Wildman–Crippen LogP) is 4.07. The van der Waals surface area contributed by atoms with Gasteiger partial charge in [-0.3, -0.25) is 10.1 Å². The number of hydrogen-bond acceptors (Lipinski definition) is 4. The van der Waals surface area contributed by atoms with Crippen LogP contribution in [-0.2, 0) is 6.54 Å². The van der Waals surface area contributed by atoms with Gasteiger partial charge in [0.1, 0.15) is 5.76 Å². The lowest BCUT2D eigenvalue weighted by Crippen LogP contribution is -2.02. The van der Waals surface area contributed by atoms with E-state index in [4.69, 9.17) is 16.0 Å². The summed E-state index contributed by atoms with van der Waals surface area (Å²) in [7, 11) is 0. The van der Waals surface area contributed by atoms with Gasteiger partial charge in [-0.15, -0.1) is 0 Å². The molecule has 6 heteroatoms. The summed E-state index contributed by atoms with van der Waals surface area (Å²) in [5, 5.41) is 14.3. The van der Waals surface area contributed by atoms with Gasteiger partial charge in [-0.1, -0.05) is 0 Å². The second-order valence-electron chi connectivity index (χ2n) is 4.27. The van der Waals surface area contributed by atoms with Gasteiger partial charge in [0, 0.05) is 17.3 Å². The number of anilines is 1. The molecule has 100 valence electrons. The molecule has 0 aliphatic rings. The van der Waals surface area contributed by atoms with Gasteiger partial charge in [0.05, 0.1) is 11.5 Å².